The van der Waals surface area contributed by atoms with Crippen LogP contribution in [0.5, 0.6) is 0 Å². The molecule has 3 unspecified atom stereocenters. The van der Waals surface area contributed by atoms with Gasteiger partial charge in [0.25, 0.3) is 0 Å². The van der Waals surface area contributed by atoms with E-state index < -0.39 is 0 Å². The van der Waals surface area contributed by atoms with E-state index in [0.717, 1.165) is 42.8 Å². The second kappa shape index (κ2) is 7.18. The molecule has 5 nitrogen and oxygen atoms in total. The van der Waals surface area contributed by atoms with Crippen molar-refractivity contribution in [1.82, 2.24) is 10.2 Å². The molecule has 0 spiro atoms. The SMILES string of the molecule is Cc1cc(C(C)NC(=O)N(C)CC2CCCCC2O)c(C)o1. The lowest BCUT2D eigenvalue weighted by atomic mass is 9.86. The summed E-state index contributed by atoms with van der Waals surface area (Å²) in [4.78, 5) is 14.0. The molecule has 1 saturated carbocycles. The van der Waals surface area contributed by atoms with Crippen LogP contribution in [-0.4, -0.2) is 35.7 Å². The molecule has 0 aromatic carbocycles. The van der Waals surface area contributed by atoms with Gasteiger partial charge in [-0.3, -0.25) is 0 Å². The molecular formula is C17H28N2O3. The maximum Gasteiger partial charge on any atom is 0.317 e. The summed E-state index contributed by atoms with van der Waals surface area (Å²) in [5.41, 5.74) is 1.01. The number of hydrogen-bond donors (Lipinski definition) is 2. The number of furan rings is 1. The fourth-order valence-electron chi connectivity index (χ4n) is 3.29. The van der Waals surface area contributed by atoms with Crippen LogP contribution in [0.4, 0.5) is 4.79 Å². The highest BCUT2D eigenvalue weighted by molar-refractivity contribution is 5.74. The highest BCUT2D eigenvalue weighted by Crippen LogP contribution is 2.25. The van der Waals surface area contributed by atoms with Crippen molar-refractivity contribution in [2.24, 2.45) is 5.92 Å². The number of carbonyl (C=O) groups excluding carboxylic acids is 1. The molecule has 1 aromatic rings. The second-order valence-corrected chi connectivity index (χ2v) is 6.53. The molecule has 2 amide bonds. The summed E-state index contributed by atoms with van der Waals surface area (Å²) < 4.78 is 5.52. The molecule has 1 heterocycles. The van der Waals surface area contributed by atoms with Crippen molar-refractivity contribution >= 4 is 6.03 Å². The quantitative estimate of drug-likeness (QED) is 0.898. The van der Waals surface area contributed by atoms with Crippen LogP contribution < -0.4 is 5.32 Å². The Labute approximate surface area is 132 Å². The maximum absolute atomic E-state index is 12.3. The molecule has 124 valence electrons. The predicted molar refractivity (Wildman–Crippen MR) is 85.7 cm³/mol. The van der Waals surface area contributed by atoms with Crippen LogP contribution in [0.2, 0.25) is 0 Å². The topological polar surface area (TPSA) is 65.7 Å². The standard InChI is InChI=1S/C17H28N2O3/c1-11-9-15(13(3)22-11)12(2)18-17(21)19(4)10-14-7-5-6-8-16(14)20/h9,12,14,16,20H,5-8,10H2,1-4H3,(H,18,21). The first-order valence-electron chi connectivity index (χ1n) is 8.15. The van der Waals surface area contributed by atoms with Gasteiger partial charge in [-0.25, -0.2) is 4.79 Å². The number of amides is 2. The van der Waals surface area contributed by atoms with Gasteiger partial charge in [0, 0.05) is 25.1 Å². The monoisotopic (exact) mass is 308 g/mol. The number of hydrogen-bond acceptors (Lipinski definition) is 3. The number of aryl methyl sites for hydroxylation is 2. The van der Waals surface area contributed by atoms with Crippen molar-refractivity contribution in [1.29, 1.82) is 0 Å². The number of urea groups is 1. The lowest BCUT2D eigenvalue weighted by Crippen LogP contribution is -2.43. The fraction of sp³-hybridized carbons (Fsp3) is 0.706. The van der Waals surface area contributed by atoms with Gasteiger partial charge in [0.15, 0.2) is 0 Å². The minimum Gasteiger partial charge on any atom is -0.466 e. The first-order chi connectivity index (χ1) is 10.4. The molecular weight excluding hydrogens is 280 g/mol. The van der Waals surface area contributed by atoms with Crippen molar-refractivity contribution < 1.29 is 14.3 Å². The van der Waals surface area contributed by atoms with Crippen LogP contribution >= 0.6 is 0 Å². The van der Waals surface area contributed by atoms with Crippen LogP contribution in [0, 0.1) is 19.8 Å². The van der Waals surface area contributed by atoms with Gasteiger partial charge in [-0.05, 0) is 39.7 Å². The molecule has 1 fully saturated rings. The van der Waals surface area contributed by atoms with E-state index in [1.807, 2.05) is 26.8 Å². The Kier molecular flexibility index (Phi) is 5.51. The van der Waals surface area contributed by atoms with E-state index in [2.05, 4.69) is 5.32 Å². The van der Waals surface area contributed by atoms with Crippen LogP contribution in [0.25, 0.3) is 0 Å². The van der Waals surface area contributed by atoms with Crippen molar-refractivity contribution in [2.45, 2.75) is 58.6 Å². The minimum atomic E-state index is -0.278. The van der Waals surface area contributed by atoms with Crippen LogP contribution in [0.3, 0.4) is 0 Å². The largest absolute Gasteiger partial charge is 0.466 e. The highest BCUT2D eigenvalue weighted by atomic mass is 16.3. The van der Waals surface area contributed by atoms with Crippen LogP contribution in [0.15, 0.2) is 10.5 Å². The summed E-state index contributed by atoms with van der Waals surface area (Å²) in [5.74, 6) is 1.89. The third kappa shape index (κ3) is 4.03. The van der Waals surface area contributed by atoms with E-state index in [9.17, 15) is 9.90 Å². The van der Waals surface area contributed by atoms with Gasteiger partial charge in [-0.1, -0.05) is 12.8 Å². The predicted octanol–water partition coefficient (Wildman–Crippen LogP) is 3.15. The smallest absolute Gasteiger partial charge is 0.317 e. The number of aliphatic hydroxyl groups is 1. The number of rotatable bonds is 4. The third-order valence-corrected chi connectivity index (χ3v) is 4.61. The van der Waals surface area contributed by atoms with Gasteiger partial charge >= 0.3 is 6.03 Å². The average molecular weight is 308 g/mol. The third-order valence-electron chi connectivity index (χ3n) is 4.61. The molecule has 5 heteroatoms. The Balaban J connectivity index is 1.89. The van der Waals surface area contributed by atoms with E-state index in [1.165, 1.54) is 0 Å². The van der Waals surface area contributed by atoms with Crippen molar-refractivity contribution in [2.75, 3.05) is 13.6 Å². The average Bonchev–Trinajstić information content (AvgIpc) is 2.80. The zero-order valence-corrected chi connectivity index (χ0v) is 14.1. The number of nitrogens with zero attached hydrogens (tertiary/aromatic N) is 1. The molecule has 22 heavy (non-hydrogen) atoms. The van der Waals surface area contributed by atoms with Crippen molar-refractivity contribution in [3.05, 3.63) is 23.2 Å². The van der Waals surface area contributed by atoms with Crippen molar-refractivity contribution in [3.63, 3.8) is 0 Å². The normalized spacial score (nSPS) is 23.1. The zero-order valence-electron chi connectivity index (χ0n) is 14.1. The molecule has 1 aliphatic carbocycles. The molecule has 1 aliphatic rings. The molecule has 3 atom stereocenters. The lowest BCUT2D eigenvalue weighted by molar-refractivity contribution is 0.0563. The summed E-state index contributed by atoms with van der Waals surface area (Å²) in [5, 5.41) is 13.0. The molecule has 2 rings (SSSR count). The Morgan fingerprint density at radius 1 is 1.45 bits per heavy atom. The summed E-state index contributed by atoms with van der Waals surface area (Å²) in [6.45, 7) is 6.37. The van der Waals surface area contributed by atoms with E-state index in [4.69, 9.17) is 4.42 Å². The molecule has 0 bridgehead atoms. The van der Waals surface area contributed by atoms with E-state index >= 15 is 0 Å². The van der Waals surface area contributed by atoms with Gasteiger partial charge < -0.3 is 19.7 Å². The van der Waals surface area contributed by atoms with E-state index in [-0.39, 0.29) is 24.1 Å². The lowest BCUT2D eigenvalue weighted by Gasteiger charge is -2.31. The minimum absolute atomic E-state index is 0.0938. The van der Waals surface area contributed by atoms with Crippen LogP contribution in [0.1, 0.15) is 55.7 Å². The van der Waals surface area contributed by atoms with Gasteiger partial charge in [-0.15, -0.1) is 0 Å². The Morgan fingerprint density at radius 2 is 2.14 bits per heavy atom. The number of aliphatic hydroxyl groups excluding tert-OH is 1. The molecule has 0 aliphatic heterocycles. The van der Waals surface area contributed by atoms with E-state index in [0.29, 0.717) is 6.54 Å². The summed E-state index contributed by atoms with van der Waals surface area (Å²) in [6.07, 6.45) is 3.80. The number of nitrogens with one attached hydrogen (secondary N) is 1. The Bertz CT molecular complexity index is 512. The molecule has 2 N–H and O–H groups in total. The summed E-state index contributed by atoms with van der Waals surface area (Å²) >= 11 is 0. The zero-order chi connectivity index (χ0) is 16.3. The second-order valence-electron chi connectivity index (χ2n) is 6.53. The summed E-state index contributed by atoms with van der Waals surface area (Å²) in [6, 6.07) is 1.76. The maximum atomic E-state index is 12.3. The number of carbonyl (C=O) groups is 1. The highest BCUT2D eigenvalue weighted by Gasteiger charge is 2.26. The van der Waals surface area contributed by atoms with Gasteiger partial charge in [-0.2, -0.15) is 0 Å². The first-order valence-corrected chi connectivity index (χ1v) is 8.15. The van der Waals surface area contributed by atoms with Gasteiger partial charge in [0.2, 0.25) is 0 Å². The van der Waals surface area contributed by atoms with Crippen LogP contribution in [-0.2, 0) is 0 Å². The Hall–Kier alpha value is -1.49. The summed E-state index contributed by atoms with van der Waals surface area (Å²) in [7, 11) is 1.79. The van der Waals surface area contributed by atoms with E-state index in [1.54, 1.807) is 11.9 Å². The van der Waals surface area contributed by atoms with Crippen molar-refractivity contribution in [3.8, 4) is 0 Å². The molecule has 1 aromatic heterocycles. The molecule has 0 saturated heterocycles. The van der Waals surface area contributed by atoms with Gasteiger partial charge in [0.05, 0.1) is 12.1 Å². The fourth-order valence-corrected chi connectivity index (χ4v) is 3.29. The molecule has 0 radical (unpaired) electrons. The first kappa shape index (κ1) is 16.9. The Morgan fingerprint density at radius 3 is 2.73 bits per heavy atom. The van der Waals surface area contributed by atoms with Gasteiger partial charge in [0.1, 0.15) is 11.5 Å².